The van der Waals surface area contributed by atoms with Crippen LogP contribution in [-0.4, -0.2) is 55.3 Å². The third kappa shape index (κ3) is 6.45. The number of carbonyl (C=O) groups is 2. The highest BCUT2D eigenvalue weighted by Crippen LogP contribution is 2.29. The zero-order chi connectivity index (χ0) is 33.4. The molecular formula is C35H30F3N5O5. The van der Waals surface area contributed by atoms with Gasteiger partial charge in [0.05, 0.1) is 34.9 Å². The molecule has 10 nitrogen and oxygen atoms in total. The van der Waals surface area contributed by atoms with Crippen molar-refractivity contribution in [2.45, 2.75) is 57.4 Å². The second-order valence-corrected chi connectivity index (χ2v) is 11.9. The van der Waals surface area contributed by atoms with E-state index in [9.17, 15) is 19.1 Å². The number of carboxylic acid groups (broad SMARTS) is 1. The molecule has 1 amide bonds. The predicted octanol–water partition coefficient (Wildman–Crippen LogP) is 5.85. The predicted molar refractivity (Wildman–Crippen MR) is 167 cm³/mol. The quantitative estimate of drug-likeness (QED) is 0.181. The fourth-order valence-corrected chi connectivity index (χ4v) is 5.66. The number of pyridine rings is 2. The molecule has 7 rings (SSSR count). The van der Waals surface area contributed by atoms with E-state index >= 15 is 8.78 Å². The van der Waals surface area contributed by atoms with Gasteiger partial charge in [-0.25, -0.2) is 27.9 Å². The zero-order valence-corrected chi connectivity index (χ0v) is 25.6. The molecule has 0 spiro atoms. The summed E-state index contributed by atoms with van der Waals surface area (Å²) in [6.07, 6.45) is 4.74. The molecule has 1 unspecified atom stereocenters. The number of benzene rings is 2. The number of amides is 1. The molecule has 4 heterocycles. The third-order valence-electron chi connectivity index (χ3n) is 8.72. The van der Waals surface area contributed by atoms with Gasteiger partial charge in [0.25, 0.3) is 5.91 Å². The monoisotopic (exact) mass is 657 g/mol. The van der Waals surface area contributed by atoms with Crippen molar-refractivity contribution in [2.24, 2.45) is 0 Å². The van der Waals surface area contributed by atoms with E-state index in [1.54, 1.807) is 16.7 Å². The Hall–Kier alpha value is -5.30. The van der Waals surface area contributed by atoms with Crippen molar-refractivity contribution in [1.82, 2.24) is 24.8 Å². The van der Waals surface area contributed by atoms with Crippen LogP contribution < -0.4 is 10.1 Å². The van der Waals surface area contributed by atoms with Crippen molar-refractivity contribution in [3.63, 3.8) is 0 Å². The number of imidazole rings is 1. The number of ether oxygens (including phenoxy) is 2. The summed E-state index contributed by atoms with van der Waals surface area (Å²) in [5.41, 5.74) is 1.33. The lowest BCUT2D eigenvalue weighted by molar-refractivity contribution is -0.0589. The van der Waals surface area contributed by atoms with Gasteiger partial charge in [-0.2, -0.15) is 0 Å². The molecule has 246 valence electrons. The molecule has 2 aromatic carbocycles. The lowest BCUT2D eigenvalue weighted by Crippen LogP contribution is -2.39. The maximum absolute atomic E-state index is 15.6. The number of carbonyl (C=O) groups excluding carboxylic acids is 1. The number of aromatic nitrogens is 4. The molecule has 1 aliphatic carbocycles. The van der Waals surface area contributed by atoms with Crippen LogP contribution in [-0.2, 0) is 24.3 Å². The molecule has 1 aliphatic heterocycles. The van der Waals surface area contributed by atoms with Crippen molar-refractivity contribution in [2.75, 3.05) is 6.61 Å². The van der Waals surface area contributed by atoms with Gasteiger partial charge in [-0.15, -0.1) is 0 Å². The first-order valence-corrected chi connectivity index (χ1v) is 15.6. The molecule has 0 bridgehead atoms. The minimum Gasteiger partial charge on any atom is -0.478 e. The Morgan fingerprint density at radius 2 is 1.79 bits per heavy atom. The molecule has 1 saturated heterocycles. The maximum Gasteiger partial charge on any atom is 0.335 e. The highest BCUT2D eigenvalue weighted by Gasteiger charge is 2.24. The van der Waals surface area contributed by atoms with Gasteiger partial charge in [0.1, 0.15) is 35.6 Å². The van der Waals surface area contributed by atoms with Crippen molar-refractivity contribution in [1.29, 1.82) is 0 Å². The first-order chi connectivity index (χ1) is 23.2. The topological polar surface area (TPSA) is 128 Å². The summed E-state index contributed by atoms with van der Waals surface area (Å²) in [6.45, 7) is 0.764. The van der Waals surface area contributed by atoms with Gasteiger partial charge in [0.2, 0.25) is 5.88 Å². The fraction of sp³-hybridized carbons (Fsp3) is 0.286. The summed E-state index contributed by atoms with van der Waals surface area (Å²) >= 11 is 0. The number of hydrogen-bond donors (Lipinski definition) is 2. The van der Waals surface area contributed by atoms with E-state index in [-0.39, 0.29) is 64.7 Å². The largest absolute Gasteiger partial charge is 0.478 e. The van der Waals surface area contributed by atoms with Crippen LogP contribution in [0, 0.1) is 17.5 Å². The van der Waals surface area contributed by atoms with E-state index in [0.29, 0.717) is 30.0 Å². The number of halogens is 3. The highest BCUT2D eigenvalue weighted by molar-refractivity contribution is 5.93. The Morgan fingerprint density at radius 1 is 0.979 bits per heavy atom. The van der Waals surface area contributed by atoms with Crippen molar-refractivity contribution in [3.8, 4) is 17.1 Å². The average Bonchev–Trinajstić information content (AvgIpc) is 3.37. The molecule has 1 saturated carbocycles. The molecule has 13 heteroatoms. The number of hydrogen-bond acceptors (Lipinski definition) is 7. The van der Waals surface area contributed by atoms with Gasteiger partial charge in [-0.1, -0.05) is 6.07 Å². The SMILES string of the molecule is O=C(O)c1ccc2nc(Cc3cc(F)c(-c4cccc(OCc5cnc(C(=O)NC6CCC6)cc5F)n4)cc3F)n(CC3CCO3)c2c1. The van der Waals surface area contributed by atoms with Gasteiger partial charge >= 0.3 is 5.97 Å². The Morgan fingerprint density at radius 3 is 2.50 bits per heavy atom. The smallest absolute Gasteiger partial charge is 0.335 e. The Bertz CT molecular complexity index is 2040. The van der Waals surface area contributed by atoms with Crippen molar-refractivity contribution < 1.29 is 37.3 Å². The van der Waals surface area contributed by atoms with E-state index in [0.717, 1.165) is 43.9 Å². The van der Waals surface area contributed by atoms with E-state index in [2.05, 4.69) is 20.3 Å². The summed E-state index contributed by atoms with van der Waals surface area (Å²) in [6, 6.07) is 12.4. The first-order valence-electron chi connectivity index (χ1n) is 15.6. The molecule has 5 aromatic rings. The van der Waals surface area contributed by atoms with E-state index in [4.69, 9.17) is 9.47 Å². The minimum absolute atomic E-state index is 0.0267. The number of nitrogens with one attached hydrogen (secondary N) is 1. The molecule has 0 radical (unpaired) electrons. The van der Waals surface area contributed by atoms with Crippen LogP contribution >= 0.6 is 0 Å². The van der Waals surface area contributed by atoms with Gasteiger partial charge in [0, 0.05) is 48.5 Å². The second kappa shape index (κ2) is 13.1. The summed E-state index contributed by atoms with van der Waals surface area (Å²) in [4.78, 5) is 36.9. The lowest BCUT2D eigenvalue weighted by Gasteiger charge is -2.27. The molecule has 48 heavy (non-hydrogen) atoms. The third-order valence-corrected chi connectivity index (χ3v) is 8.72. The Kier molecular flexibility index (Phi) is 8.52. The molecule has 1 atom stereocenters. The average molecular weight is 658 g/mol. The van der Waals surface area contributed by atoms with Crippen molar-refractivity contribution >= 4 is 22.9 Å². The first kappa shape index (κ1) is 31.3. The summed E-state index contributed by atoms with van der Waals surface area (Å²) < 4.78 is 58.9. The number of rotatable bonds is 11. The summed E-state index contributed by atoms with van der Waals surface area (Å²) in [5, 5.41) is 12.3. The highest BCUT2D eigenvalue weighted by atomic mass is 19.1. The van der Waals surface area contributed by atoms with Crippen LogP contribution in [0.4, 0.5) is 13.2 Å². The number of nitrogens with zero attached hydrogens (tertiary/aromatic N) is 4. The van der Waals surface area contributed by atoms with E-state index in [1.165, 1.54) is 30.5 Å². The van der Waals surface area contributed by atoms with Crippen LogP contribution in [0.3, 0.4) is 0 Å². The van der Waals surface area contributed by atoms with Crippen LogP contribution in [0.2, 0.25) is 0 Å². The van der Waals surface area contributed by atoms with Crippen LogP contribution in [0.1, 0.15) is 63.5 Å². The standard InChI is InChI=1S/C35H30F3N5O5/c36-25-14-24(28-5-2-6-33(42-28)48-18-21-16-39-30(15-26(21)37)34(44)40-22-3-1-4-22)27(38)11-20(25)13-32-41-29-8-7-19(35(45)46)12-31(29)43(32)17-23-9-10-47-23/h2,5-8,11-12,14-16,22-23H,1,3-4,9-10,13,17-18H2,(H,40,44)(H,45,46). The van der Waals surface area contributed by atoms with Crippen LogP contribution in [0.25, 0.3) is 22.3 Å². The van der Waals surface area contributed by atoms with Gasteiger partial charge in [0.15, 0.2) is 0 Å². The maximum atomic E-state index is 15.6. The fourth-order valence-electron chi connectivity index (χ4n) is 5.66. The lowest BCUT2D eigenvalue weighted by atomic mass is 9.93. The molecule has 2 aliphatic rings. The van der Waals surface area contributed by atoms with Crippen molar-refractivity contribution in [3.05, 3.63) is 106 Å². The van der Waals surface area contributed by atoms with Gasteiger partial charge < -0.3 is 24.5 Å². The van der Waals surface area contributed by atoms with E-state index in [1.807, 2.05) is 0 Å². The summed E-state index contributed by atoms with van der Waals surface area (Å²) in [5.74, 6) is -3.09. The molecule has 2 N–H and O–H groups in total. The number of carboxylic acids is 1. The molecular weight excluding hydrogens is 627 g/mol. The van der Waals surface area contributed by atoms with Gasteiger partial charge in [-0.05, 0) is 67.6 Å². The Balaban J connectivity index is 1.08. The molecule has 3 aromatic heterocycles. The van der Waals surface area contributed by atoms with Crippen LogP contribution in [0.15, 0.2) is 60.8 Å². The normalized spacial score (nSPS) is 15.9. The summed E-state index contributed by atoms with van der Waals surface area (Å²) in [7, 11) is 0. The number of fused-ring (bicyclic) bond motifs is 1. The zero-order valence-electron chi connectivity index (χ0n) is 25.6. The van der Waals surface area contributed by atoms with Crippen LogP contribution in [0.5, 0.6) is 5.88 Å². The molecule has 2 fully saturated rings. The van der Waals surface area contributed by atoms with Gasteiger partial charge in [-0.3, -0.25) is 9.78 Å². The minimum atomic E-state index is -1.08. The Labute approximate surface area is 272 Å². The number of aromatic carboxylic acids is 1. The second-order valence-electron chi connectivity index (χ2n) is 11.9. The van der Waals surface area contributed by atoms with E-state index < -0.39 is 29.3 Å².